The average Bonchev–Trinajstić information content (AvgIpc) is 2.44. The van der Waals surface area contributed by atoms with Gasteiger partial charge >= 0.3 is 0 Å². The molecule has 0 unspecified atom stereocenters. The van der Waals surface area contributed by atoms with E-state index in [1.165, 1.54) is 6.07 Å². The maximum atomic E-state index is 13.6. The number of rotatable bonds is 5. The van der Waals surface area contributed by atoms with Crippen LogP contribution in [0.15, 0.2) is 39.3 Å². The van der Waals surface area contributed by atoms with E-state index < -0.39 is 0 Å². The Morgan fingerprint density at radius 1 is 1.24 bits per heavy atom. The topological polar surface area (TPSA) is 21.3 Å². The van der Waals surface area contributed by atoms with Gasteiger partial charge in [0, 0.05) is 27.8 Å². The van der Waals surface area contributed by atoms with Gasteiger partial charge < -0.3 is 10.1 Å². The molecule has 21 heavy (non-hydrogen) atoms. The summed E-state index contributed by atoms with van der Waals surface area (Å²) in [6.07, 6.45) is 0. The standard InChI is InChI=1S/C16H16Br2FNO/c1-3-21-16-11(7-12(17)8-13(16)18)9-20-15-6-4-5-14(19)10(15)2/h4-8,20H,3,9H2,1-2H3. The van der Waals surface area contributed by atoms with Crippen LogP contribution < -0.4 is 10.1 Å². The summed E-state index contributed by atoms with van der Waals surface area (Å²) in [5.74, 6) is 0.600. The smallest absolute Gasteiger partial charge is 0.138 e. The Morgan fingerprint density at radius 2 is 2.00 bits per heavy atom. The van der Waals surface area contributed by atoms with Gasteiger partial charge in [-0.15, -0.1) is 0 Å². The Morgan fingerprint density at radius 3 is 2.71 bits per heavy atom. The molecular formula is C16H16Br2FNO. The summed E-state index contributed by atoms with van der Waals surface area (Å²) < 4.78 is 21.1. The van der Waals surface area contributed by atoms with E-state index in [2.05, 4.69) is 37.2 Å². The second kappa shape index (κ2) is 7.27. The van der Waals surface area contributed by atoms with Gasteiger partial charge in [0.05, 0.1) is 11.1 Å². The maximum absolute atomic E-state index is 13.6. The van der Waals surface area contributed by atoms with Crippen LogP contribution in [0.25, 0.3) is 0 Å². The van der Waals surface area contributed by atoms with Crippen molar-refractivity contribution in [3.63, 3.8) is 0 Å². The van der Waals surface area contributed by atoms with Gasteiger partial charge in [-0.05, 0) is 54.0 Å². The summed E-state index contributed by atoms with van der Waals surface area (Å²) in [5, 5.41) is 3.26. The summed E-state index contributed by atoms with van der Waals surface area (Å²) in [7, 11) is 0. The van der Waals surface area contributed by atoms with Crippen molar-refractivity contribution >= 4 is 37.5 Å². The lowest BCUT2D eigenvalue weighted by atomic mass is 10.1. The van der Waals surface area contributed by atoms with E-state index in [1.807, 2.05) is 25.1 Å². The fourth-order valence-electron chi connectivity index (χ4n) is 2.04. The molecule has 0 bridgehead atoms. The summed E-state index contributed by atoms with van der Waals surface area (Å²) in [6, 6.07) is 8.97. The Kier molecular flexibility index (Phi) is 5.65. The summed E-state index contributed by atoms with van der Waals surface area (Å²) >= 11 is 6.99. The van der Waals surface area contributed by atoms with E-state index >= 15 is 0 Å². The minimum Gasteiger partial charge on any atom is -0.492 e. The molecule has 0 fully saturated rings. The molecular weight excluding hydrogens is 401 g/mol. The van der Waals surface area contributed by atoms with Crippen LogP contribution in [-0.2, 0) is 6.54 Å². The largest absolute Gasteiger partial charge is 0.492 e. The van der Waals surface area contributed by atoms with Crippen LogP contribution in [0.5, 0.6) is 5.75 Å². The van der Waals surface area contributed by atoms with Crippen molar-refractivity contribution in [3.05, 3.63) is 56.2 Å². The minimum atomic E-state index is -0.208. The second-order valence-corrected chi connectivity index (χ2v) is 6.34. The molecule has 112 valence electrons. The van der Waals surface area contributed by atoms with Gasteiger partial charge in [-0.25, -0.2) is 4.39 Å². The average molecular weight is 417 g/mol. The van der Waals surface area contributed by atoms with E-state index in [0.717, 1.165) is 25.9 Å². The van der Waals surface area contributed by atoms with Crippen LogP contribution in [0.2, 0.25) is 0 Å². The monoisotopic (exact) mass is 415 g/mol. The molecule has 0 spiro atoms. The van der Waals surface area contributed by atoms with Crippen molar-refractivity contribution in [3.8, 4) is 5.75 Å². The highest BCUT2D eigenvalue weighted by Crippen LogP contribution is 2.33. The predicted molar refractivity (Wildman–Crippen MR) is 91.5 cm³/mol. The van der Waals surface area contributed by atoms with Crippen LogP contribution in [-0.4, -0.2) is 6.61 Å². The van der Waals surface area contributed by atoms with Crippen LogP contribution >= 0.6 is 31.9 Å². The molecule has 1 N–H and O–H groups in total. The molecule has 0 aliphatic carbocycles. The van der Waals surface area contributed by atoms with Gasteiger partial charge in [-0.3, -0.25) is 0 Å². The van der Waals surface area contributed by atoms with Gasteiger partial charge in [0.2, 0.25) is 0 Å². The van der Waals surface area contributed by atoms with Crippen LogP contribution in [0.4, 0.5) is 10.1 Å². The third kappa shape index (κ3) is 3.98. The van der Waals surface area contributed by atoms with Crippen LogP contribution in [0, 0.1) is 12.7 Å². The third-order valence-electron chi connectivity index (χ3n) is 3.11. The predicted octanol–water partition coefficient (Wildman–Crippen LogP) is 5.67. The zero-order chi connectivity index (χ0) is 15.4. The molecule has 2 aromatic rings. The first-order chi connectivity index (χ1) is 10.0. The van der Waals surface area contributed by atoms with Gasteiger partial charge in [0.25, 0.3) is 0 Å². The quantitative estimate of drug-likeness (QED) is 0.677. The van der Waals surface area contributed by atoms with E-state index in [1.54, 1.807) is 13.0 Å². The highest BCUT2D eigenvalue weighted by atomic mass is 79.9. The van der Waals surface area contributed by atoms with Gasteiger partial charge in [0.1, 0.15) is 11.6 Å². The van der Waals surface area contributed by atoms with Gasteiger partial charge in [-0.2, -0.15) is 0 Å². The van der Waals surface area contributed by atoms with E-state index in [0.29, 0.717) is 18.7 Å². The lowest BCUT2D eigenvalue weighted by Crippen LogP contribution is -2.05. The van der Waals surface area contributed by atoms with Crippen molar-refractivity contribution in [1.82, 2.24) is 0 Å². The van der Waals surface area contributed by atoms with Gasteiger partial charge in [-0.1, -0.05) is 22.0 Å². The lowest BCUT2D eigenvalue weighted by Gasteiger charge is -2.15. The first-order valence-electron chi connectivity index (χ1n) is 6.62. The van der Waals surface area contributed by atoms with Crippen molar-refractivity contribution in [1.29, 1.82) is 0 Å². The van der Waals surface area contributed by atoms with E-state index in [4.69, 9.17) is 4.74 Å². The van der Waals surface area contributed by atoms with Gasteiger partial charge in [0.15, 0.2) is 0 Å². The highest BCUT2D eigenvalue weighted by Gasteiger charge is 2.11. The van der Waals surface area contributed by atoms with Crippen molar-refractivity contribution in [2.24, 2.45) is 0 Å². The summed E-state index contributed by atoms with van der Waals surface area (Å²) in [6.45, 7) is 4.85. The Hall–Kier alpha value is -1.07. The van der Waals surface area contributed by atoms with Crippen LogP contribution in [0.3, 0.4) is 0 Å². The fraction of sp³-hybridized carbons (Fsp3) is 0.250. The fourth-order valence-corrected chi connectivity index (χ4v) is 3.47. The Labute approximate surface area is 141 Å². The highest BCUT2D eigenvalue weighted by molar-refractivity contribution is 9.11. The van der Waals surface area contributed by atoms with Crippen LogP contribution in [0.1, 0.15) is 18.1 Å². The number of benzene rings is 2. The molecule has 2 nitrogen and oxygen atoms in total. The zero-order valence-corrected chi connectivity index (χ0v) is 15.0. The number of hydrogen-bond donors (Lipinski definition) is 1. The van der Waals surface area contributed by atoms with Crippen molar-refractivity contribution in [2.45, 2.75) is 20.4 Å². The molecule has 0 aliphatic heterocycles. The normalized spacial score (nSPS) is 10.5. The number of nitrogens with one attached hydrogen (secondary N) is 1. The molecule has 0 aromatic heterocycles. The first kappa shape index (κ1) is 16.3. The zero-order valence-electron chi connectivity index (χ0n) is 11.8. The van der Waals surface area contributed by atoms with Crippen molar-refractivity contribution < 1.29 is 9.13 Å². The summed E-state index contributed by atoms with van der Waals surface area (Å²) in [5.41, 5.74) is 2.40. The molecule has 0 saturated carbocycles. The summed E-state index contributed by atoms with van der Waals surface area (Å²) in [4.78, 5) is 0. The minimum absolute atomic E-state index is 0.208. The molecule has 0 amide bonds. The molecule has 0 heterocycles. The Bertz CT molecular complexity index is 646. The SMILES string of the molecule is CCOc1c(Br)cc(Br)cc1CNc1cccc(F)c1C. The van der Waals surface area contributed by atoms with E-state index in [9.17, 15) is 4.39 Å². The number of ether oxygens (including phenoxy) is 1. The molecule has 0 saturated heterocycles. The Balaban J connectivity index is 2.25. The van der Waals surface area contributed by atoms with Crippen molar-refractivity contribution in [2.75, 3.05) is 11.9 Å². The molecule has 0 aliphatic rings. The third-order valence-corrected chi connectivity index (χ3v) is 4.16. The number of hydrogen-bond acceptors (Lipinski definition) is 2. The molecule has 2 aromatic carbocycles. The number of halogens is 3. The molecule has 5 heteroatoms. The lowest BCUT2D eigenvalue weighted by molar-refractivity contribution is 0.334. The second-order valence-electron chi connectivity index (χ2n) is 4.57. The van der Waals surface area contributed by atoms with E-state index in [-0.39, 0.29) is 5.82 Å². The first-order valence-corrected chi connectivity index (χ1v) is 8.21. The number of anilines is 1. The molecule has 0 atom stereocenters. The maximum Gasteiger partial charge on any atom is 0.138 e. The molecule has 0 radical (unpaired) electrons. The molecule has 2 rings (SSSR count).